The second kappa shape index (κ2) is 8.45. The Kier molecular flexibility index (Phi) is 6.94. The van der Waals surface area contributed by atoms with Gasteiger partial charge in [0.2, 0.25) is 5.88 Å². The molecule has 0 bridgehead atoms. The number of alkyl halides is 3. The number of nitrogens with one attached hydrogen (secondary N) is 1. The smallest absolute Gasteiger partial charge is 0.417 e. The van der Waals surface area contributed by atoms with E-state index in [4.69, 9.17) is 10.5 Å². The highest BCUT2D eigenvalue weighted by atomic mass is 19.4. The van der Waals surface area contributed by atoms with E-state index >= 15 is 0 Å². The van der Waals surface area contributed by atoms with Crippen LogP contribution < -0.4 is 15.8 Å². The number of ether oxygens (including phenoxy) is 1. The highest BCUT2D eigenvalue weighted by Gasteiger charge is 2.30. The molecule has 0 aliphatic carbocycles. The molecule has 0 atom stereocenters. The van der Waals surface area contributed by atoms with Crippen molar-refractivity contribution < 1.29 is 17.9 Å². The highest BCUT2D eigenvalue weighted by molar-refractivity contribution is 5.77. The number of halogens is 3. The Morgan fingerprint density at radius 3 is 2.68 bits per heavy atom. The van der Waals surface area contributed by atoms with E-state index in [1.54, 1.807) is 0 Å². The lowest BCUT2D eigenvalue weighted by Gasteiger charge is -2.09. The molecule has 0 aliphatic heterocycles. The summed E-state index contributed by atoms with van der Waals surface area (Å²) in [4.78, 5) is 7.73. The molecule has 0 saturated heterocycles. The maximum Gasteiger partial charge on any atom is 0.417 e. The first-order chi connectivity index (χ1) is 10.3. The Labute approximate surface area is 127 Å². The predicted molar refractivity (Wildman–Crippen MR) is 78.7 cm³/mol. The fourth-order valence-electron chi connectivity index (χ4n) is 1.47. The van der Waals surface area contributed by atoms with E-state index in [0.29, 0.717) is 25.0 Å². The number of nitrogens with two attached hydrogens (primary N) is 1. The van der Waals surface area contributed by atoms with Crippen LogP contribution in [0.2, 0.25) is 0 Å². The van der Waals surface area contributed by atoms with Crippen LogP contribution in [0.5, 0.6) is 5.88 Å². The van der Waals surface area contributed by atoms with Gasteiger partial charge in [0.25, 0.3) is 0 Å². The van der Waals surface area contributed by atoms with E-state index in [2.05, 4.69) is 29.1 Å². The van der Waals surface area contributed by atoms with Crippen molar-refractivity contribution >= 4 is 5.96 Å². The average molecular weight is 318 g/mol. The predicted octanol–water partition coefficient (Wildman–Crippen LogP) is 2.43. The normalized spacial score (nSPS) is 12.5. The number of aromatic nitrogens is 1. The van der Waals surface area contributed by atoms with Gasteiger partial charge in [-0.2, -0.15) is 13.2 Å². The average Bonchev–Trinajstić information content (AvgIpc) is 2.43. The highest BCUT2D eigenvalue weighted by Crippen LogP contribution is 2.29. The molecule has 0 aliphatic rings. The monoisotopic (exact) mass is 318 g/mol. The first-order valence-corrected chi connectivity index (χ1v) is 6.99. The van der Waals surface area contributed by atoms with Gasteiger partial charge in [-0.15, -0.1) is 0 Å². The van der Waals surface area contributed by atoms with Gasteiger partial charge >= 0.3 is 6.18 Å². The van der Waals surface area contributed by atoms with E-state index in [1.165, 1.54) is 6.07 Å². The molecule has 0 fully saturated rings. The Morgan fingerprint density at radius 1 is 1.41 bits per heavy atom. The number of hydrogen-bond acceptors (Lipinski definition) is 3. The summed E-state index contributed by atoms with van der Waals surface area (Å²) in [6.45, 7) is 5.46. The lowest BCUT2D eigenvalue weighted by atomic mass is 10.1. The maximum atomic E-state index is 12.3. The summed E-state index contributed by atoms with van der Waals surface area (Å²) in [5, 5.41) is 2.86. The van der Waals surface area contributed by atoms with E-state index < -0.39 is 11.7 Å². The number of aliphatic imine (C=N–C) groups is 1. The summed E-state index contributed by atoms with van der Waals surface area (Å²) in [5.41, 5.74) is 4.84. The first kappa shape index (κ1) is 18.1. The molecule has 8 heteroatoms. The van der Waals surface area contributed by atoms with Crippen molar-refractivity contribution in [2.75, 3.05) is 19.7 Å². The Balaban J connectivity index is 2.27. The quantitative estimate of drug-likeness (QED) is 0.460. The summed E-state index contributed by atoms with van der Waals surface area (Å²) in [6.07, 6.45) is -2.70. The lowest BCUT2D eigenvalue weighted by molar-refractivity contribution is -0.137. The molecule has 1 rings (SSSR count). The molecule has 0 saturated carbocycles. The van der Waals surface area contributed by atoms with Crippen molar-refractivity contribution in [1.82, 2.24) is 10.3 Å². The molecule has 3 N–H and O–H groups in total. The summed E-state index contributed by atoms with van der Waals surface area (Å²) < 4.78 is 42.3. The number of hydrogen-bond donors (Lipinski definition) is 2. The molecule has 0 amide bonds. The van der Waals surface area contributed by atoms with E-state index in [9.17, 15) is 13.2 Å². The molecule has 124 valence electrons. The van der Waals surface area contributed by atoms with Crippen molar-refractivity contribution in [3.8, 4) is 5.88 Å². The number of rotatable bonds is 7. The van der Waals surface area contributed by atoms with Gasteiger partial charge in [-0.1, -0.05) is 13.8 Å². The number of pyridine rings is 1. The minimum Gasteiger partial charge on any atom is -0.476 e. The number of guanidine groups is 1. The summed E-state index contributed by atoms with van der Waals surface area (Å²) >= 11 is 0. The Bertz CT molecular complexity index is 472. The van der Waals surface area contributed by atoms with Crippen LogP contribution in [-0.2, 0) is 6.18 Å². The van der Waals surface area contributed by atoms with Gasteiger partial charge in [0, 0.05) is 18.8 Å². The largest absolute Gasteiger partial charge is 0.476 e. The second-order valence-electron chi connectivity index (χ2n) is 5.11. The molecule has 1 aromatic rings. The molecule has 22 heavy (non-hydrogen) atoms. The van der Waals surface area contributed by atoms with Crippen molar-refractivity contribution in [2.45, 2.75) is 26.4 Å². The zero-order chi connectivity index (χ0) is 16.6. The van der Waals surface area contributed by atoms with Crippen molar-refractivity contribution in [1.29, 1.82) is 0 Å². The minimum atomic E-state index is -4.39. The van der Waals surface area contributed by atoms with E-state index in [-0.39, 0.29) is 12.5 Å². The van der Waals surface area contributed by atoms with Gasteiger partial charge in [-0.3, -0.25) is 4.99 Å². The molecule has 1 heterocycles. The van der Waals surface area contributed by atoms with Gasteiger partial charge in [-0.05, 0) is 18.4 Å². The standard InChI is InChI=1S/C14H21F3N4O/c1-10(2)5-6-19-13(18)20-7-8-22-12-4-3-11(9-21-12)14(15,16)17/h3-4,9-10H,5-8H2,1-2H3,(H3,18,19,20). The van der Waals surface area contributed by atoms with Crippen LogP contribution in [0.3, 0.4) is 0 Å². The maximum absolute atomic E-state index is 12.3. The van der Waals surface area contributed by atoms with Crippen LogP contribution >= 0.6 is 0 Å². The van der Waals surface area contributed by atoms with Gasteiger partial charge < -0.3 is 15.8 Å². The van der Waals surface area contributed by atoms with Crippen LogP contribution in [0.4, 0.5) is 13.2 Å². The Hall–Kier alpha value is -1.99. The van der Waals surface area contributed by atoms with Crippen LogP contribution in [0, 0.1) is 5.92 Å². The van der Waals surface area contributed by atoms with E-state index in [1.807, 2.05) is 0 Å². The first-order valence-electron chi connectivity index (χ1n) is 6.99. The zero-order valence-electron chi connectivity index (χ0n) is 12.7. The fraction of sp³-hybridized carbons (Fsp3) is 0.571. The van der Waals surface area contributed by atoms with Crippen molar-refractivity contribution in [3.05, 3.63) is 23.9 Å². The van der Waals surface area contributed by atoms with Gasteiger partial charge in [-0.25, -0.2) is 4.98 Å². The van der Waals surface area contributed by atoms with Crippen molar-refractivity contribution in [2.24, 2.45) is 16.6 Å². The van der Waals surface area contributed by atoms with Gasteiger partial charge in [0.15, 0.2) is 5.96 Å². The van der Waals surface area contributed by atoms with Crippen LogP contribution in [-0.4, -0.2) is 30.6 Å². The third-order valence-corrected chi connectivity index (χ3v) is 2.71. The topological polar surface area (TPSA) is 72.5 Å². The summed E-state index contributed by atoms with van der Waals surface area (Å²) in [7, 11) is 0. The molecule has 5 nitrogen and oxygen atoms in total. The third-order valence-electron chi connectivity index (χ3n) is 2.71. The molecular formula is C14H21F3N4O. The van der Waals surface area contributed by atoms with Crippen LogP contribution in [0.25, 0.3) is 0 Å². The molecular weight excluding hydrogens is 297 g/mol. The molecule has 0 radical (unpaired) electrons. The van der Waals surface area contributed by atoms with E-state index in [0.717, 1.165) is 18.7 Å². The minimum absolute atomic E-state index is 0.130. The molecule has 1 aromatic heterocycles. The summed E-state index contributed by atoms with van der Waals surface area (Å²) in [6, 6.07) is 2.11. The fourth-order valence-corrected chi connectivity index (χ4v) is 1.47. The van der Waals surface area contributed by atoms with Crippen LogP contribution in [0.1, 0.15) is 25.8 Å². The second-order valence-corrected chi connectivity index (χ2v) is 5.11. The lowest BCUT2D eigenvalue weighted by Crippen LogP contribution is -2.35. The molecule has 0 spiro atoms. The van der Waals surface area contributed by atoms with Gasteiger partial charge in [0.05, 0.1) is 12.1 Å². The van der Waals surface area contributed by atoms with Crippen LogP contribution in [0.15, 0.2) is 23.3 Å². The van der Waals surface area contributed by atoms with Gasteiger partial charge in [0.1, 0.15) is 6.61 Å². The summed E-state index contributed by atoms with van der Waals surface area (Å²) in [5.74, 6) is 1.01. The molecule has 0 unspecified atom stereocenters. The Morgan fingerprint density at radius 2 is 2.14 bits per heavy atom. The number of nitrogens with zero attached hydrogens (tertiary/aromatic N) is 2. The SMILES string of the molecule is CC(C)CCN=C(N)NCCOc1ccc(C(F)(F)F)cn1. The van der Waals surface area contributed by atoms with Crippen molar-refractivity contribution in [3.63, 3.8) is 0 Å². The zero-order valence-corrected chi connectivity index (χ0v) is 12.7. The third kappa shape index (κ3) is 7.14. The molecule has 0 aromatic carbocycles.